The second-order valence-corrected chi connectivity index (χ2v) is 9.23. The third kappa shape index (κ3) is 10.3. The number of hydrogen-bond donors (Lipinski definition) is 1. The number of carboxylic acids is 1. The van der Waals surface area contributed by atoms with E-state index in [1.54, 1.807) is 65.8 Å². The monoisotopic (exact) mass is 451 g/mol. The number of amides is 2. The summed E-state index contributed by atoms with van der Waals surface area (Å²) in [6.07, 6.45) is -2.51. The van der Waals surface area contributed by atoms with Crippen LogP contribution in [0.2, 0.25) is 0 Å². The summed E-state index contributed by atoms with van der Waals surface area (Å²) < 4.78 is 16.0. The first kappa shape index (κ1) is 26.9. The summed E-state index contributed by atoms with van der Waals surface area (Å²) in [5, 5.41) is 8.97. The van der Waals surface area contributed by atoms with E-state index in [2.05, 4.69) is 0 Å². The van der Waals surface area contributed by atoms with Gasteiger partial charge < -0.3 is 19.3 Å². The molecule has 0 heterocycles. The third-order valence-electron chi connectivity index (χ3n) is 3.86. The number of esters is 1. The van der Waals surface area contributed by atoms with Gasteiger partial charge >= 0.3 is 24.1 Å². The van der Waals surface area contributed by atoms with E-state index in [4.69, 9.17) is 19.3 Å². The van der Waals surface area contributed by atoms with Crippen molar-refractivity contribution in [1.82, 2.24) is 4.90 Å². The molecular formula is C23H33NO8. The van der Waals surface area contributed by atoms with Crippen LogP contribution in [0.15, 0.2) is 30.3 Å². The lowest BCUT2D eigenvalue weighted by Crippen LogP contribution is -2.52. The lowest BCUT2D eigenvalue weighted by molar-refractivity contribution is -0.151. The fourth-order valence-electron chi connectivity index (χ4n) is 2.58. The maximum absolute atomic E-state index is 12.9. The fraction of sp³-hybridized carbons (Fsp3) is 0.565. The Balaban J connectivity index is 3.20. The molecule has 1 aromatic rings. The van der Waals surface area contributed by atoms with Crippen LogP contribution in [0.4, 0.5) is 9.59 Å². The zero-order valence-corrected chi connectivity index (χ0v) is 19.5. The molecule has 0 aliphatic heterocycles. The van der Waals surface area contributed by atoms with Gasteiger partial charge in [0.15, 0.2) is 0 Å². The van der Waals surface area contributed by atoms with Gasteiger partial charge in [0, 0.05) is 6.42 Å². The number of carbonyl (C=O) groups excluding carboxylic acids is 3. The molecule has 0 aliphatic rings. The van der Waals surface area contributed by atoms with Crippen LogP contribution in [0, 0.1) is 0 Å². The minimum absolute atomic E-state index is 0.0303. The molecule has 1 N–H and O–H groups in total. The van der Waals surface area contributed by atoms with Crippen LogP contribution in [0.1, 0.15) is 66.4 Å². The Bertz CT molecular complexity index is 764. The third-order valence-corrected chi connectivity index (χ3v) is 3.86. The first-order valence-corrected chi connectivity index (χ1v) is 10.4. The molecule has 1 aromatic carbocycles. The molecule has 1 rings (SSSR count). The van der Waals surface area contributed by atoms with Gasteiger partial charge in [-0.1, -0.05) is 30.3 Å². The Morgan fingerprint density at radius 3 is 1.84 bits per heavy atom. The zero-order chi connectivity index (χ0) is 24.5. The molecule has 0 unspecified atom stereocenters. The molecule has 9 nitrogen and oxygen atoms in total. The summed E-state index contributed by atoms with van der Waals surface area (Å²) in [5.41, 5.74) is -1.18. The molecule has 0 aromatic heterocycles. The van der Waals surface area contributed by atoms with Gasteiger partial charge in [-0.2, -0.15) is 4.90 Å². The number of carboxylic acid groups (broad SMARTS) is 1. The molecule has 32 heavy (non-hydrogen) atoms. The second-order valence-electron chi connectivity index (χ2n) is 9.23. The molecule has 0 aliphatic carbocycles. The number of carbonyl (C=O) groups is 4. The molecule has 0 fully saturated rings. The number of imide groups is 1. The summed E-state index contributed by atoms with van der Waals surface area (Å²) in [7, 11) is 0. The minimum atomic E-state index is -1.41. The van der Waals surface area contributed by atoms with Gasteiger partial charge in [-0.3, -0.25) is 4.79 Å². The molecular weight excluding hydrogens is 418 g/mol. The smallest absolute Gasteiger partial charge is 0.420 e. The van der Waals surface area contributed by atoms with Gasteiger partial charge in [-0.25, -0.2) is 14.4 Å². The van der Waals surface area contributed by atoms with E-state index in [9.17, 15) is 19.2 Å². The Morgan fingerprint density at radius 1 is 0.906 bits per heavy atom. The van der Waals surface area contributed by atoms with E-state index in [1.807, 2.05) is 6.07 Å². The van der Waals surface area contributed by atoms with Crippen molar-refractivity contribution in [3.8, 4) is 0 Å². The number of ether oxygens (including phenoxy) is 3. The van der Waals surface area contributed by atoms with Crippen LogP contribution in [0.25, 0.3) is 0 Å². The van der Waals surface area contributed by atoms with Crippen molar-refractivity contribution < 1.29 is 38.5 Å². The average Bonchev–Trinajstić information content (AvgIpc) is 2.62. The van der Waals surface area contributed by atoms with Gasteiger partial charge in [0.2, 0.25) is 0 Å². The summed E-state index contributed by atoms with van der Waals surface area (Å²) >= 11 is 0. The summed E-state index contributed by atoms with van der Waals surface area (Å²) in [5.74, 6) is -1.93. The first-order chi connectivity index (χ1) is 14.7. The van der Waals surface area contributed by atoms with Crippen molar-refractivity contribution in [1.29, 1.82) is 0 Å². The van der Waals surface area contributed by atoms with E-state index in [0.717, 1.165) is 0 Å². The van der Waals surface area contributed by atoms with Crippen LogP contribution in [0.3, 0.4) is 0 Å². The summed E-state index contributed by atoms with van der Waals surface area (Å²) in [6, 6.07) is 7.47. The standard InChI is InChI=1S/C23H33NO8/c1-22(2,3)31-20(28)24(21(29)32-23(4,5)6)17(13-10-14-18(25)26)19(27)30-15-16-11-8-7-9-12-16/h7-9,11-12,17H,10,13-15H2,1-6H3,(H,25,26)/t17-/m0/s1. The number of rotatable bonds is 8. The predicted octanol–water partition coefficient (Wildman–Crippen LogP) is 4.53. The van der Waals surface area contributed by atoms with E-state index in [1.165, 1.54) is 0 Å². The molecule has 9 heteroatoms. The Morgan fingerprint density at radius 2 is 1.41 bits per heavy atom. The summed E-state index contributed by atoms with van der Waals surface area (Å²) in [6.45, 7) is 9.62. The first-order valence-electron chi connectivity index (χ1n) is 10.4. The zero-order valence-electron chi connectivity index (χ0n) is 19.5. The molecule has 178 valence electrons. The molecule has 0 spiro atoms. The van der Waals surface area contributed by atoms with E-state index >= 15 is 0 Å². The van der Waals surface area contributed by atoms with Gasteiger partial charge in [-0.15, -0.1) is 0 Å². The minimum Gasteiger partial charge on any atom is -0.481 e. The van der Waals surface area contributed by atoms with Gasteiger partial charge in [0.05, 0.1) is 0 Å². The van der Waals surface area contributed by atoms with E-state index in [0.29, 0.717) is 10.5 Å². The van der Waals surface area contributed by atoms with Crippen LogP contribution >= 0.6 is 0 Å². The van der Waals surface area contributed by atoms with Crippen LogP contribution in [0.5, 0.6) is 0 Å². The molecule has 0 radical (unpaired) electrons. The van der Waals surface area contributed by atoms with Crippen molar-refractivity contribution in [2.24, 2.45) is 0 Å². The van der Waals surface area contributed by atoms with E-state index in [-0.39, 0.29) is 25.9 Å². The van der Waals surface area contributed by atoms with Gasteiger partial charge in [-0.05, 0) is 59.9 Å². The number of aliphatic carboxylic acids is 1. The second kappa shape index (κ2) is 11.5. The lowest BCUT2D eigenvalue weighted by Gasteiger charge is -2.32. The quantitative estimate of drug-likeness (QED) is 0.452. The van der Waals surface area contributed by atoms with Crippen molar-refractivity contribution in [2.45, 2.75) is 84.7 Å². The number of hydrogen-bond acceptors (Lipinski definition) is 7. The molecule has 0 bridgehead atoms. The van der Waals surface area contributed by atoms with E-state index < -0.39 is 41.4 Å². The average molecular weight is 452 g/mol. The lowest BCUT2D eigenvalue weighted by atomic mass is 10.1. The number of nitrogens with zero attached hydrogens (tertiary/aromatic N) is 1. The van der Waals surface area contributed by atoms with Crippen LogP contribution in [-0.4, -0.2) is 51.4 Å². The van der Waals surface area contributed by atoms with Crippen molar-refractivity contribution >= 4 is 24.1 Å². The van der Waals surface area contributed by atoms with Crippen LogP contribution < -0.4 is 0 Å². The van der Waals surface area contributed by atoms with Crippen molar-refractivity contribution in [3.63, 3.8) is 0 Å². The fourth-order valence-corrected chi connectivity index (χ4v) is 2.58. The summed E-state index contributed by atoms with van der Waals surface area (Å²) in [4.78, 5) is 50.2. The van der Waals surface area contributed by atoms with Gasteiger partial charge in [0.25, 0.3) is 0 Å². The predicted molar refractivity (Wildman–Crippen MR) is 116 cm³/mol. The maximum atomic E-state index is 12.9. The largest absolute Gasteiger partial charge is 0.481 e. The normalized spacial score (nSPS) is 12.4. The SMILES string of the molecule is CC(C)(C)OC(=O)N(C(=O)OC(C)(C)C)[C@@H](CCCC(=O)O)C(=O)OCc1ccccc1. The molecule has 0 saturated heterocycles. The van der Waals surface area contributed by atoms with Gasteiger partial charge in [0.1, 0.15) is 23.9 Å². The Kier molecular flexibility index (Phi) is 9.68. The van der Waals surface area contributed by atoms with Crippen LogP contribution in [-0.2, 0) is 30.4 Å². The Labute approximate surface area is 188 Å². The highest BCUT2D eigenvalue weighted by Gasteiger charge is 2.41. The number of benzene rings is 1. The van der Waals surface area contributed by atoms with Crippen molar-refractivity contribution in [2.75, 3.05) is 0 Å². The molecule has 0 saturated carbocycles. The maximum Gasteiger partial charge on any atom is 0.420 e. The topological polar surface area (TPSA) is 119 Å². The Hall–Kier alpha value is -3.10. The highest BCUT2D eigenvalue weighted by Crippen LogP contribution is 2.21. The molecule has 1 atom stereocenters. The highest BCUT2D eigenvalue weighted by atomic mass is 16.6. The molecule has 2 amide bonds. The van der Waals surface area contributed by atoms with Crippen molar-refractivity contribution in [3.05, 3.63) is 35.9 Å². The highest BCUT2D eigenvalue weighted by molar-refractivity contribution is 5.94.